The van der Waals surface area contributed by atoms with Gasteiger partial charge in [-0.3, -0.25) is 0 Å². The van der Waals surface area contributed by atoms with Crippen LogP contribution >= 0.6 is 0 Å². The Bertz CT molecular complexity index is 360. The number of rotatable bonds is 0. The van der Waals surface area contributed by atoms with E-state index in [1.807, 2.05) is 0 Å². The van der Waals surface area contributed by atoms with Crippen LogP contribution in [0.3, 0.4) is 0 Å². The maximum absolute atomic E-state index is 12.2. The maximum atomic E-state index is 12.2. The summed E-state index contributed by atoms with van der Waals surface area (Å²) >= 11 is 0. The molecule has 0 aliphatic carbocycles. The fraction of sp³-hybridized carbons (Fsp3) is 0.222. The Hall–Kier alpha value is -1.50. The van der Waals surface area contributed by atoms with Gasteiger partial charge < -0.3 is 0 Å². The molecule has 1 aromatic rings. The molecule has 0 bridgehead atoms. The van der Waals surface area contributed by atoms with Gasteiger partial charge in [-0.2, -0.15) is 13.2 Å². The average molecular weight is 185 g/mol. The van der Waals surface area contributed by atoms with Crippen LogP contribution < -0.4 is 0 Å². The van der Waals surface area contributed by atoms with Gasteiger partial charge in [0.15, 0.2) is 0 Å². The van der Waals surface area contributed by atoms with E-state index in [0.717, 1.165) is 6.20 Å². The van der Waals surface area contributed by atoms with E-state index in [9.17, 15) is 13.2 Å². The fourth-order valence-electron chi connectivity index (χ4n) is 0.932. The van der Waals surface area contributed by atoms with Gasteiger partial charge in [0.25, 0.3) is 0 Å². The Kier molecular flexibility index (Phi) is 2.28. The molecular formula is C9H6F3N. The Morgan fingerprint density at radius 1 is 1.46 bits per heavy atom. The molecule has 0 fully saturated rings. The first-order valence-corrected chi connectivity index (χ1v) is 3.45. The smallest absolute Gasteiger partial charge is 0.247 e. The van der Waals surface area contributed by atoms with Crippen molar-refractivity contribution >= 4 is 0 Å². The molecule has 68 valence electrons. The molecule has 0 saturated carbocycles. The zero-order valence-electron chi connectivity index (χ0n) is 6.81. The standard InChI is InChI=1S/C9H6F3N/c1-3-7-4-6(2)8(5-13-7)9(10,11)12/h1,4-5H,2H3. The summed E-state index contributed by atoms with van der Waals surface area (Å²) in [4.78, 5) is 3.47. The summed E-state index contributed by atoms with van der Waals surface area (Å²) in [7, 11) is 0. The fourth-order valence-corrected chi connectivity index (χ4v) is 0.932. The lowest BCUT2D eigenvalue weighted by atomic mass is 10.1. The third kappa shape index (κ3) is 2.00. The molecule has 1 heterocycles. The molecule has 13 heavy (non-hydrogen) atoms. The average Bonchev–Trinajstić information content (AvgIpc) is 2.01. The van der Waals surface area contributed by atoms with Crippen LogP contribution in [0.25, 0.3) is 0 Å². The SMILES string of the molecule is C#Cc1cc(C)c(C(F)(F)F)cn1. The highest BCUT2D eigenvalue weighted by Crippen LogP contribution is 2.31. The van der Waals surface area contributed by atoms with Crippen LogP contribution in [0.15, 0.2) is 12.3 Å². The summed E-state index contributed by atoms with van der Waals surface area (Å²) in [6.45, 7) is 1.35. The summed E-state index contributed by atoms with van der Waals surface area (Å²) in [6, 6.07) is 1.24. The molecule has 0 atom stereocenters. The van der Waals surface area contributed by atoms with Crippen LogP contribution in [0, 0.1) is 19.3 Å². The van der Waals surface area contributed by atoms with E-state index in [4.69, 9.17) is 6.42 Å². The van der Waals surface area contributed by atoms with E-state index in [-0.39, 0.29) is 11.3 Å². The number of hydrogen-bond acceptors (Lipinski definition) is 1. The second-order valence-corrected chi connectivity index (χ2v) is 2.53. The van der Waals surface area contributed by atoms with Crippen LogP contribution in [0.5, 0.6) is 0 Å². The van der Waals surface area contributed by atoms with Gasteiger partial charge in [0.2, 0.25) is 0 Å². The molecule has 1 rings (SSSR count). The van der Waals surface area contributed by atoms with E-state index < -0.39 is 11.7 Å². The minimum atomic E-state index is -4.36. The zero-order chi connectivity index (χ0) is 10.1. The summed E-state index contributed by atoms with van der Waals surface area (Å²) in [5, 5.41) is 0. The second kappa shape index (κ2) is 3.09. The predicted octanol–water partition coefficient (Wildman–Crippen LogP) is 2.39. The van der Waals surface area contributed by atoms with Crippen LogP contribution in [0.2, 0.25) is 0 Å². The molecule has 1 nitrogen and oxygen atoms in total. The number of alkyl halides is 3. The van der Waals surface area contributed by atoms with Crippen molar-refractivity contribution < 1.29 is 13.2 Å². The lowest BCUT2D eigenvalue weighted by Gasteiger charge is -2.08. The molecule has 0 aliphatic heterocycles. The Morgan fingerprint density at radius 2 is 2.08 bits per heavy atom. The van der Waals surface area contributed by atoms with E-state index in [1.54, 1.807) is 0 Å². The lowest BCUT2D eigenvalue weighted by Crippen LogP contribution is -2.08. The first-order valence-electron chi connectivity index (χ1n) is 3.45. The topological polar surface area (TPSA) is 12.9 Å². The monoisotopic (exact) mass is 185 g/mol. The molecular weight excluding hydrogens is 179 g/mol. The molecule has 0 unspecified atom stereocenters. The summed E-state index contributed by atoms with van der Waals surface area (Å²) in [6.07, 6.45) is 1.38. The molecule has 4 heteroatoms. The first-order chi connectivity index (χ1) is 5.95. The number of aryl methyl sites for hydroxylation is 1. The van der Waals surface area contributed by atoms with Crippen LogP contribution in [-0.4, -0.2) is 4.98 Å². The molecule has 0 saturated heterocycles. The number of nitrogens with zero attached hydrogens (tertiary/aromatic N) is 1. The van der Waals surface area contributed by atoms with Crippen molar-refractivity contribution in [3.63, 3.8) is 0 Å². The van der Waals surface area contributed by atoms with Crippen LogP contribution in [0.1, 0.15) is 16.8 Å². The molecule has 0 spiro atoms. The molecule has 0 amide bonds. The summed E-state index contributed by atoms with van der Waals surface area (Å²) < 4.78 is 36.6. The van der Waals surface area contributed by atoms with Gasteiger partial charge in [0, 0.05) is 6.20 Å². The van der Waals surface area contributed by atoms with Crippen molar-refractivity contribution in [3.05, 3.63) is 29.1 Å². The molecule has 0 N–H and O–H groups in total. The lowest BCUT2D eigenvalue weighted by molar-refractivity contribution is -0.138. The first kappa shape index (κ1) is 9.59. The van der Waals surface area contributed by atoms with Crippen molar-refractivity contribution in [1.29, 1.82) is 0 Å². The van der Waals surface area contributed by atoms with Crippen molar-refractivity contribution in [2.75, 3.05) is 0 Å². The van der Waals surface area contributed by atoms with Gasteiger partial charge >= 0.3 is 6.18 Å². The van der Waals surface area contributed by atoms with Crippen molar-refractivity contribution in [1.82, 2.24) is 4.98 Å². The summed E-state index contributed by atoms with van der Waals surface area (Å²) in [5.41, 5.74) is -0.438. The highest BCUT2D eigenvalue weighted by molar-refractivity contribution is 5.34. The van der Waals surface area contributed by atoms with Gasteiger partial charge in [-0.05, 0) is 18.6 Å². The van der Waals surface area contributed by atoms with E-state index in [0.29, 0.717) is 0 Å². The molecule has 1 aromatic heterocycles. The Balaban J connectivity index is 3.23. The predicted molar refractivity (Wildman–Crippen MR) is 41.9 cm³/mol. The highest BCUT2D eigenvalue weighted by Gasteiger charge is 2.32. The third-order valence-electron chi connectivity index (χ3n) is 1.56. The van der Waals surface area contributed by atoms with Crippen LogP contribution in [0.4, 0.5) is 13.2 Å². The summed E-state index contributed by atoms with van der Waals surface area (Å²) in [5.74, 6) is 2.17. The second-order valence-electron chi connectivity index (χ2n) is 2.53. The number of terminal acetylenes is 1. The highest BCUT2D eigenvalue weighted by atomic mass is 19.4. The van der Waals surface area contributed by atoms with Gasteiger partial charge in [-0.1, -0.05) is 5.92 Å². The van der Waals surface area contributed by atoms with E-state index in [1.165, 1.54) is 13.0 Å². The van der Waals surface area contributed by atoms with Gasteiger partial charge in [0.1, 0.15) is 5.69 Å². The third-order valence-corrected chi connectivity index (χ3v) is 1.56. The number of aromatic nitrogens is 1. The van der Waals surface area contributed by atoms with Crippen molar-refractivity contribution in [2.24, 2.45) is 0 Å². The van der Waals surface area contributed by atoms with Crippen molar-refractivity contribution in [2.45, 2.75) is 13.1 Å². The number of halogens is 3. The van der Waals surface area contributed by atoms with Crippen LogP contribution in [-0.2, 0) is 6.18 Å². The quantitative estimate of drug-likeness (QED) is 0.565. The van der Waals surface area contributed by atoms with E-state index >= 15 is 0 Å². The van der Waals surface area contributed by atoms with Gasteiger partial charge in [-0.15, -0.1) is 6.42 Å². The minimum absolute atomic E-state index is 0.0930. The van der Waals surface area contributed by atoms with E-state index in [2.05, 4.69) is 10.9 Å². The number of hydrogen-bond donors (Lipinski definition) is 0. The van der Waals surface area contributed by atoms with Gasteiger partial charge in [0.05, 0.1) is 5.56 Å². The van der Waals surface area contributed by atoms with Crippen molar-refractivity contribution in [3.8, 4) is 12.3 Å². The number of pyridine rings is 1. The Morgan fingerprint density at radius 3 is 2.46 bits per heavy atom. The van der Waals surface area contributed by atoms with Gasteiger partial charge in [-0.25, -0.2) is 4.98 Å². The minimum Gasteiger partial charge on any atom is -0.247 e. The molecule has 0 radical (unpaired) electrons. The largest absolute Gasteiger partial charge is 0.418 e. The zero-order valence-corrected chi connectivity index (χ0v) is 6.81. The normalized spacial score (nSPS) is 11.0. The molecule has 0 aliphatic rings. The maximum Gasteiger partial charge on any atom is 0.418 e. The Labute approximate surface area is 73.6 Å². The molecule has 0 aromatic carbocycles.